The van der Waals surface area contributed by atoms with E-state index in [1.54, 1.807) is 14.2 Å². The van der Waals surface area contributed by atoms with Crippen LogP contribution in [0.2, 0.25) is 0 Å². The van der Waals surface area contributed by atoms with Crippen molar-refractivity contribution in [2.45, 2.75) is 13.0 Å². The zero-order valence-electron chi connectivity index (χ0n) is 12.7. The van der Waals surface area contributed by atoms with Crippen LogP contribution in [0.15, 0.2) is 42.5 Å². The third-order valence-corrected chi connectivity index (χ3v) is 3.40. The lowest BCUT2D eigenvalue weighted by Crippen LogP contribution is -2.21. The molecule has 0 aliphatic heterocycles. The van der Waals surface area contributed by atoms with E-state index in [0.717, 1.165) is 17.0 Å². The van der Waals surface area contributed by atoms with Crippen LogP contribution in [0.5, 0.6) is 11.5 Å². The molecule has 0 saturated heterocycles. The van der Waals surface area contributed by atoms with Gasteiger partial charge in [0.05, 0.1) is 20.3 Å². The molecule has 0 fully saturated rings. The van der Waals surface area contributed by atoms with Gasteiger partial charge in [-0.2, -0.15) is 0 Å². The van der Waals surface area contributed by atoms with Gasteiger partial charge in [0.2, 0.25) is 0 Å². The first-order valence-corrected chi connectivity index (χ1v) is 6.93. The van der Waals surface area contributed by atoms with Crippen molar-refractivity contribution in [2.24, 2.45) is 5.73 Å². The molecule has 1 atom stereocenters. The maximum absolute atomic E-state index is 5.95. The van der Waals surface area contributed by atoms with E-state index in [0.29, 0.717) is 12.3 Å². The Morgan fingerprint density at radius 2 is 1.86 bits per heavy atom. The van der Waals surface area contributed by atoms with Crippen LogP contribution in [0.25, 0.3) is 0 Å². The smallest absolute Gasteiger partial charge is 0.166 e. The van der Waals surface area contributed by atoms with Crippen LogP contribution in [-0.2, 0) is 0 Å². The van der Waals surface area contributed by atoms with Crippen molar-refractivity contribution in [1.29, 1.82) is 0 Å². The Morgan fingerprint density at radius 3 is 2.48 bits per heavy atom. The van der Waals surface area contributed by atoms with Gasteiger partial charge in [0.15, 0.2) is 11.5 Å². The van der Waals surface area contributed by atoms with E-state index < -0.39 is 0 Å². The van der Waals surface area contributed by atoms with E-state index in [4.69, 9.17) is 15.2 Å². The molecule has 0 aromatic heterocycles. The Balaban J connectivity index is 2.33. The molecule has 0 saturated carbocycles. The number of methoxy groups -OCH3 is 2. The van der Waals surface area contributed by atoms with Gasteiger partial charge in [0.25, 0.3) is 0 Å². The van der Waals surface area contributed by atoms with E-state index in [1.165, 1.54) is 5.56 Å². The lowest BCUT2D eigenvalue weighted by molar-refractivity contribution is 0.350. The summed E-state index contributed by atoms with van der Waals surface area (Å²) in [5.41, 5.74) is 9.17. The van der Waals surface area contributed by atoms with Crippen molar-refractivity contribution >= 4 is 5.69 Å². The van der Waals surface area contributed by atoms with Crippen LogP contribution in [0.3, 0.4) is 0 Å². The van der Waals surface area contributed by atoms with Crippen LogP contribution < -0.4 is 20.5 Å². The third kappa shape index (κ3) is 3.47. The Hall–Kier alpha value is -2.20. The fourth-order valence-corrected chi connectivity index (χ4v) is 2.39. The van der Waals surface area contributed by atoms with Gasteiger partial charge in [-0.25, -0.2) is 0 Å². The molecular formula is C17H22N2O2. The average molecular weight is 286 g/mol. The minimum absolute atomic E-state index is 0.0446. The summed E-state index contributed by atoms with van der Waals surface area (Å²) in [6, 6.07) is 14.0. The topological polar surface area (TPSA) is 56.5 Å². The van der Waals surface area contributed by atoms with Crippen LogP contribution in [0.1, 0.15) is 17.2 Å². The molecule has 0 heterocycles. The summed E-state index contributed by atoms with van der Waals surface area (Å²) < 4.78 is 10.8. The van der Waals surface area contributed by atoms with E-state index in [9.17, 15) is 0 Å². The number of nitrogens with one attached hydrogen (secondary N) is 1. The van der Waals surface area contributed by atoms with Gasteiger partial charge in [-0.15, -0.1) is 0 Å². The van der Waals surface area contributed by atoms with Crippen molar-refractivity contribution < 1.29 is 9.47 Å². The summed E-state index contributed by atoms with van der Waals surface area (Å²) in [7, 11) is 3.27. The summed E-state index contributed by atoms with van der Waals surface area (Å²) in [6.07, 6.45) is 0. The number of hydrogen-bond donors (Lipinski definition) is 2. The van der Waals surface area contributed by atoms with Crippen molar-refractivity contribution in [1.82, 2.24) is 0 Å². The predicted molar refractivity (Wildman–Crippen MR) is 86.1 cm³/mol. The number of anilines is 1. The fraction of sp³-hybridized carbons (Fsp3) is 0.294. The van der Waals surface area contributed by atoms with Gasteiger partial charge in [-0.05, 0) is 30.7 Å². The first-order valence-electron chi connectivity index (χ1n) is 6.93. The average Bonchev–Trinajstić information content (AvgIpc) is 2.51. The molecule has 2 rings (SSSR count). The molecule has 1 unspecified atom stereocenters. The maximum Gasteiger partial charge on any atom is 0.166 e. The number of rotatable bonds is 6. The lowest BCUT2D eigenvalue weighted by Gasteiger charge is -2.22. The van der Waals surface area contributed by atoms with Crippen molar-refractivity contribution in [2.75, 3.05) is 26.1 Å². The summed E-state index contributed by atoms with van der Waals surface area (Å²) >= 11 is 0. The molecule has 0 radical (unpaired) electrons. The Kier molecular flexibility index (Phi) is 5.06. The van der Waals surface area contributed by atoms with Crippen molar-refractivity contribution in [3.63, 3.8) is 0 Å². The molecular weight excluding hydrogens is 264 g/mol. The quantitative estimate of drug-likeness (QED) is 0.856. The van der Waals surface area contributed by atoms with Crippen molar-refractivity contribution in [3.8, 4) is 11.5 Å². The number of benzene rings is 2. The highest BCUT2D eigenvalue weighted by Gasteiger charge is 2.17. The number of hydrogen-bond acceptors (Lipinski definition) is 4. The maximum atomic E-state index is 5.95. The molecule has 21 heavy (non-hydrogen) atoms. The largest absolute Gasteiger partial charge is 0.493 e. The fourth-order valence-electron chi connectivity index (χ4n) is 2.39. The summed E-state index contributed by atoms with van der Waals surface area (Å²) in [5.74, 6) is 1.43. The molecule has 0 aliphatic carbocycles. The van der Waals surface area contributed by atoms with Gasteiger partial charge in [-0.3, -0.25) is 0 Å². The lowest BCUT2D eigenvalue weighted by atomic mass is 10.0. The van der Waals surface area contributed by atoms with Gasteiger partial charge >= 0.3 is 0 Å². The number of ether oxygens (including phenoxy) is 2. The highest BCUT2D eigenvalue weighted by Crippen LogP contribution is 2.35. The van der Waals surface area contributed by atoms with E-state index in [1.807, 2.05) is 30.3 Å². The van der Waals surface area contributed by atoms with Gasteiger partial charge in [0.1, 0.15) is 0 Å². The molecule has 2 aromatic rings. The van der Waals surface area contributed by atoms with Gasteiger partial charge in [0, 0.05) is 17.8 Å². The molecule has 0 spiro atoms. The summed E-state index contributed by atoms with van der Waals surface area (Å²) in [4.78, 5) is 0. The standard InChI is InChI=1S/C17H22N2O2/c1-12-6-4-7-13(10-12)19-15(11-18)14-8-5-9-16(20-2)17(14)21-3/h4-10,15,19H,11,18H2,1-3H3. The molecule has 3 N–H and O–H groups in total. The van der Waals surface area contributed by atoms with Crippen LogP contribution >= 0.6 is 0 Å². The molecule has 4 nitrogen and oxygen atoms in total. The molecule has 0 bridgehead atoms. The highest BCUT2D eigenvalue weighted by molar-refractivity contribution is 5.53. The second-order valence-electron chi connectivity index (χ2n) is 4.88. The van der Waals surface area contributed by atoms with E-state index in [-0.39, 0.29) is 6.04 Å². The highest BCUT2D eigenvalue weighted by atomic mass is 16.5. The zero-order valence-corrected chi connectivity index (χ0v) is 12.7. The number of nitrogens with two attached hydrogens (primary N) is 1. The molecule has 0 amide bonds. The van der Waals surface area contributed by atoms with Crippen molar-refractivity contribution in [3.05, 3.63) is 53.6 Å². The SMILES string of the molecule is COc1cccc(C(CN)Nc2cccc(C)c2)c1OC. The van der Waals surface area contributed by atoms with Crippen LogP contribution in [0.4, 0.5) is 5.69 Å². The predicted octanol–water partition coefficient (Wildman–Crippen LogP) is 3.12. The van der Waals surface area contributed by atoms with Gasteiger partial charge < -0.3 is 20.5 Å². The summed E-state index contributed by atoms with van der Waals surface area (Å²) in [6.45, 7) is 2.52. The van der Waals surface area contributed by atoms with E-state index >= 15 is 0 Å². The van der Waals surface area contributed by atoms with Gasteiger partial charge in [-0.1, -0.05) is 24.3 Å². The molecule has 0 aliphatic rings. The Morgan fingerprint density at radius 1 is 1.10 bits per heavy atom. The normalized spacial score (nSPS) is 11.8. The Labute approximate surface area is 125 Å². The third-order valence-electron chi connectivity index (χ3n) is 3.40. The minimum Gasteiger partial charge on any atom is -0.493 e. The number of para-hydroxylation sites is 1. The molecule has 2 aromatic carbocycles. The first kappa shape index (κ1) is 15.2. The summed E-state index contributed by atoms with van der Waals surface area (Å²) in [5, 5.41) is 3.45. The minimum atomic E-state index is -0.0446. The zero-order chi connectivity index (χ0) is 15.2. The second kappa shape index (κ2) is 6.99. The van der Waals surface area contributed by atoms with Crippen LogP contribution in [-0.4, -0.2) is 20.8 Å². The molecule has 4 heteroatoms. The Bertz CT molecular complexity index is 599. The second-order valence-corrected chi connectivity index (χ2v) is 4.88. The van der Waals surface area contributed by atoms with E-state index in [2.05, 4.69) is 24.4 Å². The van der Waals surface area contributed by atoms with Crippen LogP contribution in [0, 0.1) is 6.92 Å². The first-order chi connectivity index (χ1) is 10.2. The monoisotopic (exact) mass is 286 g/mol. The number of aryl methyl sites for hydroxylation is 1. The molecule has 112 valence electrons.